The summed E-state index contributed by atoms with van der Waals surface area (Å²) in [5, 5.41) is 0. The van der Waals surface area contributed by atoms with E-state index in [1.165, 1.54) is 41.3 Å². The van der Waals surface area contributed by atoms with Gasteiger partial charge in [0.15, 0.2) is 4.32 Å². The number of nitrogens with zero attached hydrogens (tertiary/aromatic N) is 1. The second-order valence-electron chi connectivity index (χ2n) is 5.35. The number of halogens is 1. The maximum atomic E-state index is 13.1. The Hall–Kier alpha value is -2.23. The predicted molar refractivity (Wildman–Crippen MR) is 104 cm³/mol. The second kappa shape index (κ2) is 7.18. The van der Waals surface area contributed by atoms with Crippen molar-refractivity contribution in [3.63, 3.8) is 0 Å². The normalized spacial score (nSPS) is 16.4. The van der Waals surface area contributed by atoms with E-state index in [9.17, 15) is 17.6 Å². The Labute approximate surface area is 159 Å². The van der Waals surface area contributed by atoms with Crippen LogP contribution >= 0.6 is 24.0 Å². The van der Waals surface area contributed by atoms with Gasteiger partial charge >= 0.3 is 10.1 Å². The molecule has 26 heavy (non-hydrogen) atoms. The van der Waals surface area contributed by atoms with Gasteiger partial charge in [-0.25, -0.2) is 4.39 Å². The molecular formula is C17H12FNO4S3. The van der Waals surface area contributed by atoms with Gasteiger partial charge in [-0.3, -0.25) is 9.69 Å². The summed E-state index contributed by atoms with van der Waals surface area (Å²) in [5.41, 5.74) is 1.18. The van der Waals surface area contributed by atoms with Crippen LogP contribution in [0.3, 0.4) is 0 Å². The molecule has 0 atom stereocenters. The van der Waals surface area contributed by atoms with Crippen molar-refractivity contribution < 1.29 is 21.8 Å². The molecule has 2 aromatic carbocycles. The largest absolute Gasteiger partial charge is 0.383 e. The predicted octanol–water partition coefficient (Wildman–Crippen LogP) is 3.57. The van der Waals surface area contributed by atoms with Crippen molar-refractivity contribution in [3.8, 4) is 5.75 Å². The van der Waals surface area contributed by atoms with Crippen LogP contribution in [-0.4, -0.2) is 24.9 Å². The molecule has 9 heteroatoms. The number of rotatable bonds is 4. The SMILES string of the molecule is CS(=O)(=O)Oc1ccc(/C=C2/SC(=S)N(c3ccc(F)cc3)C2=O)cc1. The number of thiocarbonyl (C=S) groups is 1. The zero-order chi connectivity index (χ0) is 18.9. The van der Waals surface area contributed by atoms with Crippen LogP contribution in [0.4, 0.5) is 10.1 Å². The molecule has 0 saturated carbocycles. The van der Waals surface area contributed by atoms with Crippen molar-refractivity contribution in [3.05, 3.63) is 64.8 Å². The second-order valence-corrected chi connectivity index (χ2v) is 8.60. The van der Waals surface area contributed by atoms with E-state index < -0.39 is 15.9 Å². The number of amides is 1. The number of anilines is 1. The van der Waals surface area contributed by atoms with E-state index in [0.717, 1.165) is 18.0 Å². The van der Waals surface area contributed by atoms with Crippen LogP contribution in [0.5, 0.6) is 5.75 Å². The van der Waals surface area contributed by atoms with E-state index in [2.05, 4.69) is 0 Å². The lowest BCUT2D eigenvalue weighted by Crippen LogP contribution is -2.27. The highest BCUT2D eigenvalue weighted by Crippen LogP contribution is 2.36. The zero-order valence-electron chi connectivity index (χ0n) is 13.4. The van der Waals surface area contributed by atoms with Gasteiger partial charge in [-0.2, -0.15) is 8.42 Å². The molecule has 0 bridgehead atoms. The highest BCUT2D eigenvalue weighted by atomic mass is 32.2. The van der Waals surface area contributed by atoms with Gasteiger partial charge in [-0.1, -0.05) is 36.1 Å². The minimum Gasteiger partial charge on any atom is -0.383 e. The minimum absolute atomic E-state index is 0.184. The average molecular weight is 409 g/mol. The van der Waals surface area contributed by atoms with Crippen LogP contribution < -0.4 is 9.08 Å². The molecule has 5 nitrogen and oxygen atoms in total. The summed E-state index contributed by atoms with van der Waals surface area (Å²) in [5.74, 6) is -0.516. The standard InChI is InChI=1S/C17H12FNO4S3/c1-26(21,22)23-14-8-2-11(3-9-14)10-15-16(20)19(17(24)25-15)13-6-4-12(18)5-7-13/h2-10H,1H3/b15-10+. The number of hydrogen-bond acceptors (Lipinski definition) is 6. The van der Waals surface area contributed by atoms with E-state index in [1.807, 2.05) is 0 Å². The molecule has 1 aliphatic heterocycles. The fourth-order valence-electron chi connectivity index (χ4n) is 2.23. The lowest BCUT2D eigenvalue weighted by atomic mass is 10.2. The molecule has 1 amide bonds. The van der Waals surface area contributed by atoms with Gasteiger partial charge in [0.25, 0.3) is 5.91 Å². The van der Waals surface area contributed by atoms with Gasteiger partial charge in [0.1, 0.15) is 11.6 Å². The molecule has 0 N–H and O–H groups in total. The third-order valence-corrected chi connectivity index (χ3v) is 5.10. The topological polar surface area (TPSA) is 63.7 Å². The third-order valence-electron chi connectivity index (χ3n) is 3.30. The van der Waals surface area contributed by atoms with Crippen molar-refractivity contribution in [1.29, 1.82) is 0 Å². The van der Waals surface area contributed by atoms with Crippen LogP contribution in [0.15, 0.2) is 53.4 Å². The molecule has 1 saturated heterocycles. The molecule has 0 spiro atoms. The minimum atomic E-state index is -3.59. The highest BCUT2D eigenvalue weighted by Gasteiger charge is 2.33. The highest BCUT2D eigenvalue weighted by molar-refractivity contribution is 8.27. The molecule has 1 fully saturated rings. The Bertz CT molecular complexity index is 999. The van der Waals surface area contributed by atoms with E-state index >= 15 is 0 Å². The Balaban J connectivity index is 1.82. The third kappa shape index (κ3) is 4.29. The molecule has 0 aromatic heterocycles. The van der Waals surface area contributed by atoms with E-state index in [4.69, 9.17) is 16.4 Å². The van der Waals surface area contributed by atoms with Crippen LogP contribution in [0.1, 0.15) is 5.56 Å². The number of thioether (sulfide) groups is 1. The van der Waals surface area contributed by atoms with E-state index in [-0.39, 0.29) is 11.7 Å². The van der Waals surface area contributed by atoms with Crippen molar-refractivity contribution in [2.75, 3.05) is 11.2 Å². The number of carbonyl (C=O) groups is 1. The average Bonchev–Trinajstić information content (AvgIpc) is 2.83. The van der Waals surface area contributed by atoms with Gasteiger partial charge in [-0.15, -0.1) is 0 Å². The molecule has 0 aliphatic carbocycles. The summed E-state index contributed by atoms with van der Waals surface area (Å²) >= 11 is 6.39. The summed E-state index contributed by atoms with van der Waals surface area (Å²) in [6.07, 6.45) is 2.61. The Kier molecular flexibility index (Phi) is 5.12. The van der Waals surface area contributed by atoms with Gasteiger partial charge < -0.3 is 4.18 Å². The van der Waals surface area contributed by atoms with Crippen molar-refractivity contribution in [2.24, 2.45) is 0 Å². The Morgan fingerprint density at radius 3 is 2.31 bits per heavy atom. The van der Waals surface area contributed by atoms with Crippen molar-refractivity contribution in [2.45, 2.75) is 0 Å². The molecule has 1 aliphatic rings. The first kappa shape index (κ1) is 18.6. The Morgan fingerprint density at radius 1 is 1.12 bits per heavy atom. The quantitative estimate of drug-likeness (QED) is 0.437. The molecule has 3 rings (SSSR count). The molecule has 134 valence electrons. The molecule has 0 radical (unpaired) electrons. The maximum absolute atomic E-state index is 13.1. The lowest BCUT2D eigenvalue weighted by Gasteiger charge is -2.14. The fourth-order valence-corrected chi connectivity index (χ4v) is 3.99. The lowest BCUT2D eigenvalue weighted by molar-refractivity contribution is -0.113. The Morgan fingerprint density at radius 2 is 1.73 bits per heavy atom. The summed E-state index contributed by atoms with van der Waals surface area (Å²) in [6.45, 7) is 0. The van der Waals surface area contributed by atoms with Crippen LogP contribution in [0.25, 0.3) is 6.08 Å². The van der Waals surface area contributed by atoms with E-state index in [1.54, 1.807) is 18.2 Å². The van der Waals surface area contributed by atoms with Gasteiger partial charge in [0.2, 0.25) is 0 Å². The first-order valence-corrected chi connectivity index (χ1v) is 10.3. The molecule has 0 unspecified atom stereocenters. The zero-order valence-corrected chi connectivity index (χ0v) is 15.8. The van der Waals surface area contributed by atoms with Gasteiger partial charge in [0, 0.05) is 0 Å². The molecule has 2 aromatic rings. The summed E-state index contributed by atoms with van der Waals surface area (Å²) < 4.78 is 40.4. The maximum Gasteiger partial charge on any atom is 0.306 e. The molecular weight excluding hydrogens is 397 g/mol. The van der Waals surface area contributed by atoms with Crippen LogP contribution in [0.2, 0.25) is 0 Å². The first-order chi connectivity index (χ1) is 12.2. The monoisotopic (exact) mass is 409 g/mol. The van der Waals surface area contributed by atoms with Crippen molar-refractivity contribution >= 4 is 56.1 Å². The van der Waals surface area contributed by atoms with Crippen LogP contribution in [0, 0.1) is 5.82 Å². The van der Waals surface area contributed by atoms with Gasteiger partial charge in [-0.05, 0) is 48.0 Å². The van der Waals surface area contributed by atoms with E-state index in [0.29, 0.717) is 20.5 Å². The smallest absolute Gasteiger partial charge is 0.306 e. The number of hydrogen-bond donors (Lipinski definition) is 0. The number of benzene rings is 2. The number of carbonyl (C=O) groups excluding carboxylic acids is 1. The van der Waals surface area contributed by atoms with Crippen LogP contribution in [-0.2, 0) is 14.9 Å². The summed E-state index contributed by atoms with van der Waals surface area (Å²) in [6, 6.07) is 11.7. The first-order valence-electron chi connectivity index (χ1n) is 7.26. The van der Waals surface area contributed by atoms with Crippen molar-refractivity contribution in [1.82, 2.24) is 0 Å². The van der Waals surface area contributed by atoms with Gasteiger partial charge in [0.05, 0.1) is 16.8 Å². The fraction of sp³-hybridized carbons (Fsp3) is 0.0588. The molecule has 1 heterocycles. The summed E-state index contributed by atoms with van der Waals surface area (Å²) in [7, 11) is -3.59. The summed E-state index contributed by atoms with van der Waals surface area (Å²) in [4.78, 5) is 14.4.